The van der Waals surface area contributed by atoms with Crippen molar-refractivity contribution in [3.05, 3.63) is 0 Å². The summed E-state index contributed by atoms with van der Waals surface area (Å²) in [6, 6.07) is 0. The van der Waals surface area contributed by atoms with Crippen molar-refractivity contribution in [3.63, 3.8) is 0 Å². The van der Waals surface area contributed by atoms with Crippen LogP contribution in [0.25, 0.3) is 0 Å². The minimum atomic E-state index is -1.58. The molecule has 19 heavy (non-hydrogen) atoms. The van der Waals surface area contributed by atoms with E-state index in [2.05, 4.69) is 78.8 Å². The Labute approximate surface area is 143 Å². The van der Waals surface area contributed by atoms with Crippen molar-refractivity contribution in [3.8, 4) is 0 Å². The molecule has 0 saturated heterocycles. The van der Waals surface area contributed by atoms with Crippen molar-refractivity contribution >= 4 is 49.8 Å². The van der Waals surface area contributed by atoms with Crippen molar-refractivity contribution in [2.75, 3.05) is 31.0 Å². The summed E-state index contributed by atoms with van der Waals surface area (Å²) in [7, 11) is 0. The van der Waals surface area contributed by atoms with Gasteiger partial charge in [0.15, 0.2) is 0 Å². The number of hydrogen-bond donors (Lipinski definition) is 0. The molecule has 0 unspecified atom stereocenters. The standard InChI is InChI=1S/C15H34IPS2/c1-6-9-12-17(16,13-10-7-2,14-11-8-3)15(18-4)19-5/h15H,6-14H2,1-5H3. The number of thioether (sulfide) groups is 2. The summed E-state index contributed by atoms with van der Waals surface area (Å²) in [5, 5.41) is 0. The van der Waals surface area contributed by atoms with Crippen LogP contribution >= 0.6 is 49.8 Å². The molecule has 0 heterocycles. The first-order valence-corrected chi connectivity index (χ1v) is 16.0. The van der Waals surface area contributed by atoms with Crippen molar-refractivity contribution in [1.82, 2.24) is 0 Å². The van der Waals surface area contributed by atoms with E-state index < -0.39 is 4.25 Å². The van der Waals surface area contributed by atoms with E-state index in [0.717, 1.165) is 4.32 Å². The fourth-order valence-electron chi connectivity index (χ4n) is 2.87. The first kappa shape index (κ1) is 20.9. The van der Waals surface area contributed by atoms with Crippen LogP contribution in [0.15, 0.2) is 0 Å². The van der Waals surface area contributed by atoms with E-state index in [1.807, 2.05) is 0 Å². The zero-order chi connectivity index (χ0) is 14.8. The van der Waals surface area contributed by atoms with Crippen LogP contribution in [0.5, 0.6) is 0 Å². The molecule has 0 bridgehead atoms. The summed E-state index contributed by atoms with van der Waals surface area (Å²) in [5.41, 5.74) is 0. The molecule has 0 rings (SSSR count). The molecule has 0 atom stereocenters. The number of halogens is 1. The summed E-state index contributed by atoms with van der Waals surface area (Å²) < 4.78 is -0.723. The van der Waals surface area contributed by atoms with E-state index >= 15 is 0 Å². The predicted octanol–water partition coefficient (Wildman–Crippen LogP) is 7.30. The summed E-state index contributed by atoms with van der Waals surface area (Å²) in [5.74, 6) is 0. The molecular weight excluding hydrogens is 402 g/mol. The Morgan fingerprint density at radius 3 is 1.32 bits per heavy atom. The molecule has 0 aromatic heterocycles. The van der Waals surface area contributed by atoms with Gasteiger partial charge in [0.1, 0.15) is 0 Å². The quantitative estimate of drug-likeness (QED) is 0.179. The van der Waals surface area contributed by atoms with Gasteiger partial charge in [-0.1, -0.05) is 0 Å². The Kier molecular flexibility index (Phi) is 11.6. The van der Waals surface area contributed by atoms with Crippen LogP contribution in [-0.4, -0.2) is 35.3 Å². The van der Waals surface area contributed by atoms with Crippen LogP contribution in [-0.2, 0) is 0 Å². The molecule has 0 amide bonds. The van der Waals surface area contributed by atoms with E-state index in [-0.39, 0.29) is 0 Å². The third kappa shape index (κ3) is 6.24. The van der Waals surface area contributed by atoms with Gasteiger partial charge < -0.3 is 0 Å². The van der Waals surface area contributed by atoms with Gasteiger partial charge in [-0.3, -0.25) is 0 Å². The van der Waals surface area contributed by atoms with Crippen molar-refractivity contribution in [2.24, 2.45) is 0 Å². The molecule has 0 aliphatic heterocycles. The molecule has 118 valence electrons. The molecule has 0 aromatic carbocycles. The summed E-state index contributed by atoms with van der Waals surface area (Å²) >= 11 is 7.31. The average molecular weight is 436 g/mol. The maximum atomic E-state index is 3.03. The van der Waals surface area contributed by atoms with Gasteiger partial charge in [0.25, 0.3) is 0 Å². The maximum absolute atomic E-state index is 3.03. The monoisotopic (exact) mass is 436 g/mol. The normalized spacial score (nSPS) is 14.6. The molecule has 0 spiro atoms. The minimum absolute atomic E-state index is 0.858. The molecule has 0 N–H and O–H groups in total. The summed E-state index contributed by atoms with van der Waals surface area (Å²) in [4.78, 5) is 0. The van der Waals surface area contributed by atoms with Crippen LogP contribution in [0.2, 0.25) is 0 Å². The third-order valence-corrected chi connectivity index (χ3v) is 24.1. The molecule has 0 aliphatic carbocycles. The van der Waals surface area contributed by atoms with Gasteiger partial charge in [0.2, 0.25) is 0 Å². The van der Waals surface area contributed by atoms with Crippen LogP contribution in [0.1, 0.15) is 59.3 Å². The van der Waals surface area contributed by atoms with Gasteiger partial charge in [-0.05, 0) is 0 Å². The molecule has 4 heteroatoms. The van der Waals surface area contributed by atoms with Gasteiger partial charge in [0, 0.05) is 0 Å². The summed E-state index contributed by atoms with van der Waals surface area (Å²) in [6.07, 6.45) is 17.6. The molecular formula is C15H34IPS2. The zero-order valence-electron chi connectivity index (χ0n) is 13.6. The number of unbranched alkanes of at least 4 members (excludes halogenated alkanes) is 3. The van der Waals surface area contributed by atoms with E-state index in [4.69, 9.17) is 0 Å². The van der Waals surface area contributed by atoms with Gasteiger partial charge in [-0.2, -0.15) is 0 Å². The third-order valence-electron chi connectivity index (χ3n) is 4.05. The molecule has 0 aliphatic rings. The van der Waals surface area contributed by atoms with E-state index in [0.29, 0.717) is 0 Å². The van der Waals surface area contributed by atoms with E-state index in [1.54, 1.807) is 0 Å². The van der Waals surface area contributed by atoms with Crippen LogP contribution < -0.4 is 0 Å². The Hall–Kier alpha value is 1.86. The first-order valence-electron chi connectivity index (χ1n) is 7.79. The van der Waals surface area contributed by atoms with Gasteiger partial charge in [-0.25, -0.2) is 0 Å². The van der Waals surface area contributed by atoms with Crippen molar-refractivity contribution in [1.29, 1.82) is 0 Å². The molecule has 0 nitrogen and oxygen atoms in total. The molecule has 0 aromatic rings. The Morgan fingerprint density at radius 2 is 1.11 bits per heavy atom. The zero-order valence-corrected chi connectivity index (χ0v) is 18.3. The average Bonchev–Trinajstić information content (AvgIpc) is 2.43. The van der Waals surface area contributed by atoms with Crippen LogP contribution in [0.4, 0.5) is 0 Å². The van der Waals surface area contributed by atoms with E-state index in [9.17, 15) is 0 Å². The van der Waals surface area contributed by atoms with Gasteiger partial charge >= 0.3 is 144 Å². The van der Waals surface area contributed by atoms with Gasteiger partial charge in [-0.15, -0.1) is 0 Å². The van der Waals surface area contributed by atoms with Crippen molar-refractivity contribution < 1.29 is 0 Å². The second-order valence-corrected chi connectivity index (χ2v) is 21.6. The number of rotatable bonds is 12. The second-order valence-electron chi connectivity index (χ2n) is 5.68. The molecule has 0 radical (unpaired) electrons. The van der Waals surface area contributed by atoms with Crippen LogP contribution in [0, 0.1) is 0 Å². The topological polar surface area (TPSA) is 0 Å². The second kappa shape index (κ2) is 10.6. The fourth-order valence-corrected chi connectivity index (χ4v) is 21.4. The Balaban J connectivity index is 5.26. The SMILES string of the molecule is CCCCP(I)(CCCC)(CCCC)C(SC)SC. The van der Waals surface area contributed by atoms with Gasteiger partial charge in [0.05, 0.1) is 0 Å². The number of hydrogen-bond acceptors (Lipinski definition) is 2. The molecule has 0 fully saturated rings. The Bertz CT molecular complexity index is 208. The van der Waals surface area contributed by atoms with Crippen molar-refractivity contribution in [2.45, 2.75) is 63.6 Å². The van der Waals surface area contributed by atoms with Crippen LogP contribution in [0.3, 0.4) is 0 Å². The fraction of sp³-hybridized carbons (Fsp3) is 1.00. The Morgan fingerprint density at radius 1 is 0.789 bits per heavy atom. The summed E-state index contributed by atoms with van der Waals surface area (Å²) in [6.45, 7) is 7.06. The first-order chi connectivity index (χ1) is 9.01. The predicted molar refractivity (Wildman–Crippen MR) is 111 cm³/mol. The van der Waals surface area contributed by atoms with E-state index in [1.165, 1.54) is 57.0 Å². The molecule has 0 saturated carbocycles.